The standard InChI is InChI=1S/C16H23N3O4S/c1-4-7-14(16(21)17-11(2)3)24-10-15(20)18-12-8-5-6-9-13(12)19(22)23/h5-6,8-9,11,14H,4,7,10H2,1-3H3,(H,17,21)(H,18,20). The molecule has 1 aromatic rings. The van der Waals surface area contributed by atoms with Gasteiger partial charge in [0.2, 0.25) is 11.8 Å². The molecular weight excluding hydrogens is 330 g/mol. The molecule has 0 heterocycles. The third-order valence-corrected chi connectivity index (χ3v) is 4.35. The Bertz CT molecular complexity index is 592. The summed E-state index contributed by atoms with van der Waals surface area (Å²) in [6, 6.07) is 6.01. The Labute approximate surface area is 145 Å². The van der Waals surface area contributed by atoms with Crippen LogP contribution in [0.2, 0.25) is 0 Å². The minimum Gasteiger partial charge on any atom is -0.353 e. The second kappa shape index (κ2) is 9.92. The van der Waals surface area contributed by atoms with Gasteiger partial charge in [-0.05, 0) is 26.3 Å². The molecule has 0 aromatic heterocycles. The minimum absolute atomic E-state index is 0.0400. The first kappa shape index (κ1) is 20.0. The highest BCUT2D eigenvalue weighted by Crippen LogP contribution is 2.24. The molecule has 2 N–H and O–H groups in total. The van der Waals surface area contributed by atoms with Gasteiger partial charge in [0, 0.05) is 12.1 Å². The number of nitro groups is 1. The molecule has 0 bridgehead atoms. The number of carbonyl (C=O) groups excluding carboxylic acids is 2. The summed E-state index contributed by atoms with van der Waals surface area (Å²) in [4.78, 5) is 34.6. The molecule has 0 aliphatic heterocycles. The fraction of sp³-hybridized carbons (Fsp3) is 0.500. The predicted molar refractivity (Wildman–Crippen MR) is 96.2 cm³/mol. The molecule has 8 heteroatoms. The van der Waals surface area contributed by atoms with Crippen molar-refractivity contribution in [3.63, 3.8) is 0 Å². The summed E-state index contributed by atoms with van der Waals surface area (Å²) in [5.41, 5.74) is 0.00489. The van der Waals surface area contributed by atoms with Gasteiger partial charge in [0.05, 0.1) is 15.9 Å². The summed E-state index contributed by atoms with van der Waals surface area (Å²) in [6.45, 7) is 5.74. The second-order valence-corrected chi connectivity index (χ2v) is 6.77. The number of hydrogen-bond donors (Lipinski definition) is 2. The number of amides is 2. The summed E-state index contributed by atoms with van der Waals surface area (Å²) in [6.07, 6.45) is 1.50. The number of nitro benzene ring substituents is 1. The predicted octanol–water partition coefficient (Wildman–Crippen LogP) is 2.96. The maximum absolute atomic E-state index is 12.1. The van der Waals surface area contributed by atoms with Crippen LogP contribution < -0.4 is 10.6 Å². The number of carbonyl (C=O) groups is 2. The molecule has 0 aliphatic carbocycles. The Morgan fingerprint density at radius 1 is 1.29 bits per heavy atom. The number of rotatable bonds is 9. The molecule has 132 valence electrons. The van der Waals surface area contributed by atoms with Crippen molar-refractivity contribution >= 4 is 35.0 Å². The molecular formula is C16H23N3O4S. The third-order valence-electron chi connectivity index (χ3n) is 3.06. The van der Waals surface area contributed by atoms with Gasteiger partial charge in [-0.15, -0.1) is 11.8 Å². The Morgan fingerprint density at radius 2 is 1.96 bits per heavy atom. The first-order chi connectivity index (χ1) is 11.3. The van der Waals surface area contributed by atoms with Crippen LogP contribution in [0, 0.1) is 10.1 Å². The highest BCUT2D eigenvalue weighted by Gasteiger charge is 2.21. The van der Waals surface area contributed by atoms with E-state index in [2.05, 4.69) is 10.6 Å². The molecule has 1 unspecified atom stereocenters. The van der Waals surface area contributed by atoms with Gasteiger partial charge in [0.15, 0.2) is 0 Å². The van der Waals surface area contributed by atoms with Crippen LogP contribution in [0.25, 0.3) is 0 Å². The lowest BCUT2D eigenvalue weighted by Crippen LogP contribution is -2.37. The van der Waals surface area contributed by atoms with E-state index in [0.717, 1.165) is 6.42 Å². The average Bonchev–Trinajstić information content (AvgIpc) is 2.50. The van der Waals surface area contributed by atoms with Gasteiger partial charge in [0.1, 0.15) is 5.69 Å². The van der Waals surface area contributed by atoms with Crippen molar-refractivity contribution in [2.75, 3.05) is 11.1 Å². The smallest absolute Gasteiger partial charge is 0.292 e. The number of nitrogens with zero attached hydrogens (tertiary/aromatic N) is 1. The Balaban J connectivity index is 2.63. The van der Waals surface area contributed by atoms with E-state index in [0.29, 0.717) is 6.42 Å². The quantitative estimate of drug-likeness (QED) is 0.525. The molecule has 1 aromatic carbocycles. The largest absolute Gasteiger partial charge is 0.353 e. The first-order valence-corrected chi connectivity index (χ1v) is 8.85. The topological polar surface area (TPSA) is 101 Å². The van der Waals surface area contributed by atoms with Crippen LogP contribution >= 0.6 is 11.8 Å². The molecule has 0 saturated carbocycles. The van der Waals surface area contributed by atoms with E-state index in [9.17, 15) is 19.7 Å². The van der Waals surface area contributed by atoms with Gasteiger partial charge in [-0.1, -0.05) is 25.5 Å². The fourth-order valence-corrected chi connectivity index (χ4v) is 3.08. The fourth-order valence-electron chi connectivity index (χ4n) is 2.03. The normalized spacial score (nSPS) is 11.8. The van der Waals surface area contributed by atoms with Crippen molar-refractivity contribution in [3.05, 3.63) is 34.4 Å². The molecule has 24 heavy (non-hydrogen) atoms. The number of benzene rings is 1. The van der Waals surface area contributed by atoms with Crippen molar-refractivity contribution in [2.45, 2.75) is 44.9 Å². The zero-order valence-electron chi connectivity index (χ0n) is 14.1. The number of para-hydroxylation sites is 2. The van der Waals surface area contributed by atoms with Crippen LogP contribution in [0.3, 0.4) is 0 Å². The van der Waals surface area contributed by atoms with E-state index in [1.165, 1.54) is 30.0 Å². The van der Waals surface area contributed by atoms with Crippen LogP contribution in [0.1, 0.15) is 33.6 Å². The van der Waals surface area contributed by atoms with Crippen LogP contribution in [-0.4, -0.2) is 33.8 Å². The van der Waals surface area contributed by atoms with Gasteiger partial charge < -0.3 is 10.6 Å². The van der Waals surface area contributed by atoms with Gasteiger partial charge in [-0.25, -0.2) is 0 Å². The highest BCUT2D eigenvalue weighted by atomic mass is 32.2. The molecule has 0 spiro atoms. The summed E-state index contributed by atoms with van der Waals surface area (Å²) < 4.78 is 0. The monoisotopic (exact) mass is 353 g/mol. The van der Waals surface area contributed by atoms with E-state index in [4.69, 9.17) is 0 Å². The number of nitrogens with one attached hydrogen (secondary N) is 2. The second-order valence-electron chi connectivity index (χ2n) is 5.57. The molecule has 2 amide bonds. The Hall–Kier alpha value is -2.09. The van der Waals surface area contributed by atoms with Crippen molar-refractivity contribution in [2.24, 2.45) is 0 Å². The first-order valence-electron chi connectivity index (χ1n) is 7.80. The zero-order valence-corrected chi connectivity index (χ0v) is 14.9. The van der Waals surface area contributed by atoms with Gasteiger partial charge in [-0.2, -0.15) is 0 Å². The Morgan fingerprint density at radius 3 is 2.54 bits per heavy atom. The zero-order chi connectivity index (χ0) is 18.1. The molecule has 0 fully saturated rings. The summed E-state index contributed by atoms with van der Waals surface area (Å²) >= 11 is 1.24. The van der Waals surface area contributed by atoms with Crippen molar-refractivity contribution in [1.82, 2.24) is 5.32 Å². The molecule has 0 saturated heterocycles. The lowest BCUT2D eigenvalue weighted by Gasteiger charge is -2.17. The van der Waals surface area contributed by atoms with Crippen molar-refractivity contribution in [1.29, 1.82) is 0 Å². The van der Waals surface area contributed by atoms with Gasteiger partial charge in [-0.3, -0.25) is 19.7 Å². The lowest BCUT2D eigenvalue weighted by atomic mass is 10.2. The summed E-state index contributed by atoms with van der Waals surface area (Å²) in [5.74, 6) is -0.398. The van der Waals surface area contributed by atoms with E-state index < -0.39 is 4.92 Å². The SMILES string of the molecule is CCCC(SCC(=O)Nc1ccccc1[N+](=O)[O-])C(=O)NC(C)C. The van der Waals surface area contributed by atoms with Crippen LogP contribution in [0.15, 0.2) is 24.3 Å². The van der Waals surface area contributed by atoms with Crippen LogP contribution in [-0.2, 0) is 9.59 Å². The van der Waals surface area contributed by atoms with Gasteiger partial charge in [0.25, 0.3) is 5.69 Å². The summed E-state index contributed by atoms with van der Waals surface area (Å²) in [7, 11) is 0. The lowest BCUT2D eigenvalue weighted by molar-refractivity contribution is -0.383. The maximum Gasteiger partial charge on any atom is 0.292 e. The number of hydrogen-bond acceptors (Lipinski definition) is 5. The van der Waals surface area contributed by atoms with Crippen LogP contribution in [0.4, 0.5) is 11.4 Å². The molecule has 0 aliphatic rings. The minimum atomic E-state index is -0.543. The molecule has 1 rings (SSSR count). The van der Waals surface area contributed by atoms with Crippen LogP contribution in [0.5, 0.6) is 0 Å². The van der Waals surface area contributed by atoms with Crippen molar-refractivity contribution in [3.8, 4) is 0 Å². The van der Waals surface area contributed by atoms with E-state index in [1.807, 2.05) is 20.8 Å². The number of thioether (sulfide) groups is 1. The average molecular weight is 353 g/mol. The number of anilines is 1. The van der Waals surface area contributed by atoms with E-state index in [1.54, 1.807) is 6.07 Å². The molecule has 7 nitrogen and oxygen atoms in total. The summed E-state index contributed by atoms with van der Waals surface area (Å²) in [5, 5.41) is 16.0. The van der Waals surface area contributed by atoms with Crippen molar-refractivity contribution < 1.29 is 14.5 Å². The third kappa shape index (κ3) is 6.57. The molecule has 1 atom stereocenters. The molecule has 0 radical (unpaired) electrons. The van der Waals surface area contributed by atoms with E-state index >= 15 is 0 Å². The van der Waals surface area contributed by atoms with E-state index in [-0.39, 0.29) is 40.2 Å². The Kier molecular flexibility index (Phi) is 8.25. The maximum atomic E-state index is 12.1. The van der Waals surface area contributed by atoms with Gasteiger partial charge >= 0.3 is 0 Å². The highest BCUT2D eigenvalue weighted by molar-refractivity contribution is 8.01.